The summed E-state index contributed by atoms with van der Waals surface area (Å²) in [6.45, 7) is 3.44. The lowest BCUT2D eigenvalue weighted by Crippen LogP contribution is -2.08. The Kier molecular flexibility index (Phi) is 4.53. The fraction of sp³-hybridized carbons (Fsp3) is 0.467. The SMILES string of the molecule is C[C@@]1(/C=C\CO)O[C@@H]1CCOCc1ccccc1. The van der Waals surface area contributed by atoms with Crippen molar-refractivity contribution in [3.63, 3.8) is 0 Å². The maximum atomic E-state index is 8.72. The van der Waals surface area contributed by atoms with Gasteiger partial charge < -0.3 is 14.6 Å². The summed E-state index contributed by atoms with van der Waals surface area (Å²) in [5.74, 6) is 0. The molecule has 3 nitrogen and oxygen atoms in total. The summed E-state index contributed by atoms with van der Waals surface area (Å²) in [4.78, 5) is 0. The molecule has 18 heavy (non-hydrogen) atoms. The van der Waals surface area contributed by atoms with Crippen LogP contribution in [0.25, 0.3) is 0 Å². The quantitative estimate of drug-likeness (QED) is 0.457. The molecule has 1 N–H and O–H groups in total. The van der Waals surface area contributed by atoms with Gasteiger partial charge in [0, 0.05) is 13.0 Å². The third-order valence-electron chi connectivity index (χ3n) is 3.17. The van der Waals surface area contributed by atoms with Crippen LogP contribution in [0.15, 0.2) is 42.5 Å². The third kappa shape index (κ3) is 3.67. The first-order valence-electron chi connectivity index (χ1n) is 6.32. The predicted octanol–water partition coefficient (Wildman–Crippen LogP) is 2.30. The van der Waals surface area contributed by atoms with E-state index in [1.807, 2.05) is 31.2 Å². The number of hydrogen-bond donors (Lipinski definition) is 1. The Morgan fingerprint density at radius 2 is 2.17 bits per heavy atom. The lowest BCUT2D eigenvalue weighted by atomic mass is 10.1. The van der Waals surface area contributed by atoms with Gasteiger partial charge in [-0.1, -0.05) is 42.5 Å². The van der Waals surface area contributed by atoms with Gasteiger partial charge in [0.1, 0.15) is 5.60 Å². The smallest absolute Gasteiger partial charge is 0.110 e. The zero-order valence-electron chi connectivity index (χ0n) is 10.7. The van der Waals surface area contributed by atoms with Gasteiger partial charge in [0.2, 0.25) is 0 Å². The predicted molar refractivity (Wildman–Crippen MR) is 70.2 cm³/mol. The highest BCUT2D eigenvalue weighted by molar-refractivity contribution is 5.14. The van der Waals surface area contributed by atoms with Crippen LogP contribution in [-0.2, 0) is 16.1 Å². The molecule has 1 aromatic rings. The molecule has 0 aliphatic carbocycles. The van der Waals surface area contributed by atoms with E-state index >= 15 is 0 Å². The van der Waals surface area contributed by atoms with E-state index in [-0.39, 0.29) is 18.3 Å². The van der Waals surface area contributed by atoms with Crippen molar-refractivity contribution in [2.45, 2.75) is 31.7 Å². The Balaban J connectivity index is 1.62. The van der Waals surface area contributed by atoms with E-state index in [0.717, 1.165) is 6.42 Å². The second kappa shape index (κ2) is 6.14. The number of hydrogen-bond acceptors (Lipinski definition) is 3. The van der Waals surface area contributed by atoms with Gasteiger partial charge in [0.05, 0.1) is 19.3 Å². The average Bonchev–Trinajstić information content (AvgIpc) is 3.05. The van der Waals surface area contributed by atoms with E-state index in [1.54, 1.807) is 6.08 Å². The molecule has 0 bridgehead atoms. The first-order chi connectivity index (χ1) is 8.74. The summed E-state index contributed by atoms with van der Waals surface area (Å²) in [7, 11) is 0. The molecule has 2 atom stereocenters. The second-order valence-electron chi connectivity index (χ2n) is 4.70. The summed E-state index contributed by atoms with van der Waals surface area (Å²) >= 11 is 0. The van der Waals surface area contributed by atoms with Crippen LogP contribution in [0.3, 0.4) is 0 Å². The molecular formula is C15H20O3. The van der Waals surface area contributed by atoms with Crippen molar-refractivity contribution in [1.29, 1.82) is 0 Å². The maximum Gasteiger partial charge on any atom is 0.110 e. The minimum atomic E-state index is -0.196. The molecule has 0 saturated carbocycles. The van der Waals surface area contributed by atoms with Crippen LogP contribution >= 0.6 is 0 Å². The van der Waals surface area contributed by atoms with Crippen LogP contribution in [-0.4, -0.2) is 30.0 Å². The van der Waals surface area contributed by atoms with Gasteiger partial charge in [-0.05, 0) is 12.5 Å². The minimum Gasteiger partial charge on any atom is -0.392 e. The molecule has 1 saturated heterocycles. The number of aliphatic hydroxyl groups excluding tert-OH is 1. The van der Waals surface area contributed by atoms with Crippen molar-refractivity contribution in [3.8, 4) is 0 Å². The van der Waals surface area contributed by atoms with Crippen molar-refractivity contribution in [3.05, 3.63) is 48.0 Å². The molecule has 1 aliphatic heterocycles. The molecule has 1 fully saturated rings. The Morgan fingerprint density at radius 1 is 1.39 bits per heavy atom. The molecule has 0 spiro atoms. The van der Waals surface area contributed by atoms with Crippen LogP contribution in [0.1, 0.15) is 18.9 Å². The number of rotatable bonds is 7. The zero-order chi connectivity index (χ0) is 12.8. The lowest BCUT2D eigenvalue weighted by Gasteiger charge is -2.03. The molecule has 1 aliphatic rings. The normalized spacial score (nSPS) is 26.7. The van der Waals surface area contributed by atoms with Gasteiger partial charge in [0.15, 0.2) is 0 Å². The van der Waals surface area contributed by atoms with Gasteiger partial charge in [0.25, 0.3) is 0 Å². The number of aliphatic hydroxyl groups is 1. The van der Waals surface area contributed by atoms with Crippen LogP contribution < -0.4 is 0 Å². The fourth-order valence-electron chi connectivity index (χ4n) is 2.01. The van der Waals surface area contributed by atoms with Crippen molar-refractivity contribution in [2.24, 2.45) is 0 Å². The fourth-order valence-corrected chi connectivity index (χ4v) is 2.01. The Morgan fingerprint density at radius 3 is 2.89 bits per heavy atom. The van der Waals surface area contributed by atoms with E-state index in [0.29, 0.717) is 13.2 Å². The van der Waals surface area contributed by atoms with Gasteiger partial charge in [-0.25, -0.2) is 0 Å². The molecule has 1 heterocycles. The summed E-state index contributed by atoms with van der Waals surface area (Å²) in [6.07, 6.45) is 4.76. The van der Waals surface area contributed by atoms with E-state index in [9.17, 15) is 0 Å². The summed E-state index contributed by atoms with van der Waals surface area (Å²) in [5, 5.41) is 8.72. The zero-order valence-corrected chi connectivity index (χ0v) is 10.7. The molecule has 3 heteroatoms. The molecule has 0 unspecified atom stereocenters. The van der Waals surface area contributed by atoms with Gasteiger partial charge >= 0.3 is 0 Å². The van der Waals surface area contributed by atoms with Crippen molar-refractivity contribution >= 4 is 0 Å². The standard InChI is InChI=1S/C15H20O3/c1-15(9-5-10-16)14(18-15)8-11-17-12-13-6-3-2-4-7-13/h2-7,9,14,16H,8,10-12H2,1H3/b9-5-/t14-,15+/m1/s1. The summed E-state index contributed by atoms with van der Waals surface area (Å²) < 4.78 is 11.2. The molecule has 98 valence electrons. The molecule has 0 amide bonds. The molecule has 0 aromatic heterocycles. The van der Waals surface area contributed by atoms with E-state index in [2.05, 4.69) is 12.1 Å². The van der Waals surface area contributed by atoms with E-state index in [4.69, 9.17) is 14.6 Å². The molecule has 1 aromatic carbocycles. The van der Waals surface area contributed by atoms with Crippen molar-refractivity contribution < 1.29 is 14.6 Å². The summed E-state index contributed by atoms with van der Waals surface area (Å²) in [6, 6.07) is 10.1. The summed E-state index contributed by atoms with van der Waals surface area (Å²) in [5.41, 5.74) is 0.996. The molecule has 2 rings (SSSR count). The topological polar surface area (TPSA) is 42.0 Å². The third-order valence-corrected chi connectivity index (χ3v) is 3.17. The first kappa shape index (κ1) is 13.3. The van der Waals surface area contributed by atoms with Gasteiger partial charge in [-0.2, -0.15) is 0 Å². The van der Waals surface area contributed by atoms with Crippen molar-refractivity contribution in [2.75, 3.05) is 13.2 Å². The maximum absolute atomic E-state index is 8.72. The Labute approximate surface area is 108 Å². The highest BCUT2D eigenvalue weighted by atomic mass is 16.6. The monoisotopic (exact) mass is 248 g/mol. The highest BCUT2D eigenvalue weighted by Gasteiger charge is 2.49. The van der Waals surface area contributed by atoms with E-state index in [1.165, 1.54) is 5.56 Å². The van der Waals surface area contributed by atoms with Crippen LogP contribution in [0.2, 0.25) is 0 Å². The lowest BCUT2D eigenvalue weighted by molar-refractivity contribution is 0.113. The molecular weight excluding hydrogens is 228 g/mol. The van der Waals surface area contributed by atoms with Crippen molar-refractivity contribution in [1.82, 2.24) is 0 Å². The number of benzene rings is 1. The number of ether oxygens (including phenoxy) is 2. The second-order valence-corrected chi connectivity index (χ2v) is 4.70. The highest BCUT2D eigenvalue weighted by Crippen LogP contribution is 2.39. The van der Waals surface area contributed by atoms with Crippen LogP contribution in [0.4, 0.5) is 0 Å². The van der Waals surface area contributed by atoms with Gasteiger partial charge in [-0.15, -0.1) is 0 Å². The average molecular weight is 248 g/mol. The van der Waals surface area contributed by atoms with Crippen LogP contribution in [0, 0.1) is 0 Å². The Bertz CT molecular complexity index is 388. The van der Waals surface area contributed by atoms with E-state index < -0.39 is 0 Å². The largest absolute Gasteiger partial charge is 0.392 e. The van der Waals surface area contributed by atoms with Crippen LogP contribution in [0.5, 0.6) is 0 Å². The first-order valence-corrected chi connectivity index (χ1v) is 6.32. The van der Waals surface area contributed by atoms with Gasteiger partial charge in [-0.3, -0.25) is 0 Å². The molecule has 0 radical (unpaired) electrons. The minimum absolute atomic E-state index is 0.0657. The number of epoxide rings is 1. The Hall–Kier alpha value is -1.16.